The topological polar surface area (TPSA) is 104 Å². The van der Waals surface area contributed by atoms with Crippen molar-refractivity contribution in [3.63, 3.8) is 0 Å². The Hall–Kier alpha value is -1.14. The lowest BCUT2D eigenvalue weighted by atomic mass is 10.1. The third kappa shape index (κ3) is 1.72. The Morgan fingerprint density at radius 3 is 2.42 bits per heavy atom. The summed E-state index contributed by atoms with van der Waals surface area (Å²) in [6.45, 7) is 0. The van der Waals surface area contributed by atoms with Crippen LogP contribution in [0.2, 0.25) is 0 Å². The van der Waals surface area contributed by atoms with Crippen LogP contribution in [0.5, 0.6) is 0 Å². The highest BCUT2D eigenvalue weighted by molar-refractivity contribution is 7.89. The Kier molecular flexibility index (Phi) is 2.03. The zero-order valence-corrected chi connectivity index (χ0v) is 6.80. The molecule has 1 aliphatic rings. The van der Waals surface area contributed by atoms with E-state index in [1.54, 1.807) is 0 Å². The fourth-order valence-electron chi connectivity index (χ4n) is 0.701. The number of hydrogen-bond acceptors (Lipinski definition) is 4. The summed E-state index contributed by atoms with van der Waals surface area (Å²) >= 11 is 0. The molecule has 5 nitrogen and oxygen atoms in total. The van der Waals surface area contributed by atoms with Crippen LogP contribution < -0.4 is 5.73 Å². The van der Waals surface area contributed by atoms with E-state index in [1.807, 2.05) is 0 Å². The van der Waals surface area contributed by atoms with Crippen molar-refractivity contribution in [2.24, 2.45) is 5.73 Å². The molecule has 0 saturated carbocycles. The molecule has 4 N–H and O–H groups in total. The highest BCUT2D eigenvalue weighted by Gasteiger charge is 2.22. The first-order valence-corrected chi connectivity index (χ1v) is 4.44. The van der Waals surface area contributed by atoms with Gasteiger partial charge in [-0.3, -0.25) is 9.96 Å². The molecule has 6 heteroatoms. The summed E-state index contributed by atoms with van der Waals surface area (Å²) in [5, 5.41) is 6.82. The molecule has 0 aliphatic heterocycles. The zero-order valence-electron chi connectivity index (χ0n) is 5.98. The quantitative estimate of drug-likeness (QED) is 0.496. The molecule has 0 aromatic carbocycles. The van der Waals surface area contributed by atoms with E-state index in [4.69, 9.17) is 15.7 Å². The molecule has 1 rings (SSSR count). The average Bonchev–Trinajstić information content (AvgIpc) is 1.92. The molecule has 0 bridgehead atoms. The molecular weight excluding hydrogens is 180 g/mol. The smallest absolute Gasteiger partial charge is 0.280 e. The van der Waals surface area contributed by atoms with Gasteiger partial charge in [-0.25, -0.2) is 0 Å². The van der Waals surface area contributed by atoms with Gasteiger partial charge in [-0.1, -0.05) is 6.08 Å². The Labute approximate surface area is 69.8 Å². The zero-order chi connectivity index (χ0) is 9.35. The third-order valence-electron chi connectivity index (χ3n) is 1.32. The Morgan fingerprint density at radius 2 is 2.00 bits per heavy atom. The molecule has 0 heterocycles. The van der Waals surface area contributed by atoms with E-state index in [0.717, 1.165) is 12.2 Å². The van der Waals surface area contributed by atoms with Gasteiger partial charge in [-0.2, -0.15) is 8.42 Å². The number of nitrogens with two attached hydrogens (primary N) is 1. The van der Waals surface area contributed by atoms with E-state index >= 15 is 0 Å². The standard InChI is InChI=1S/C6H7N2O3S/c7-5-2-1-4(3-6(5)8)12(9,10)11/h1-3,7H,8H2,(H,9,10,11). The van der Waals surface area contributed by atoms with Crippen LogP contribution in [0.15, 0.2) is 23.9 Å². The summed E-state index contributed by atoms with van der Waals surface area (Å²) in [7, 11) is -4.21. The van der Waals surface area contributed by atoms with Crippen LogP contribution in [0.3, 0.4) is 0 Å². The van der Waals surface area contributed by atoms with Gasteiger partial charge in [0.25, 0.3) is 10.1 Å². The lowest BCUT2D eigenvalue weighted by molar-refractivity contribution is 0.488. The first-order valence-electron chi connectivity index (χ1n) is 3.00. The van der Waals surface area contributed by atoms with Crippen molar-refractivity contribution < 1.29 is 13.0 Å². The van der Waals surface area contributed by atoms with Crippen molar-refractivity contribution in [1.82, 2.24) is 0 Å². The van der Waals surface area contributed by atoms with E-state index in [1.165, 1.54) is 6.08 Å². The van der Waals surface area contributed by atoms with Crippen LogP contribution in [0.25, 0.3) is 0 Å². The molecule has 0 unspecified atom stereocenters. The molecule has 12 heavy (non-hydrogen) atoms. The fourth-order valence-corrected chi connectivity index (χ4v) is 1.22. The molecule has 1 radical (unpaired) electrons. The second-order valence-corrected chi connectivity index (χ2v) is 3.65. The van der Waals surface area contributed by atoms with E-state index < -0.39 is 10.1 Å². The van der Waals surface area contributed by atoms with Gasteiger partial charge in [-0.15, -0.1) is 0 Å². The second-order valence-electron chi connectivity index (χ2n) is 2.22. The van der Waals surface area contributed by atoms with Crippen LogP contribution in [0.4, 0.5) is 0 Å². The maximum atomic E-state index is 10.5. The summed E-state index contributed by atoms with van der Waals surface area (Å²) in [6, 6.07) is 0. The van der Waals surface area contributed by atoms with E-state index in [9.17, 15) is 8.42 Å². The minimum Gasteiger partial charge on any atom is -0.397 e. The summed E-state index contributed by atoms with van der Waals surface area (Å²) in [4.78, 5) is 0. The van der Waals surface area contributed by atoms with Crippen molar-refractivity contribution in [3.05, 3.63) is 29.2 Å². The molecule has 65 valence electrons. The average molecular weight is 187 g/mol. The van der Waals surface area contributed by atoms with Gasteiger partial charge in [-0.05, 0) is 12.2 Å². The molecule has 0 fully saturated rings. The Balaban J connectivity index is 3.03. The summed E-state index contributed by atoms with van der Waals surface area (Å²) < 4.78 is 29.6. The maximum absolute atomic E-state index is 10.5. The highest BCUT2D eigenvalue weighted by Crippen LogP contribution is 2.17. The van der Waals surface area contributed by atoms with Crippen molar-refractivity contribution in [2.45, 2.75) is 0 Å². The van der Waals surface area contributed by atoms with Crippen molar-refractivity contribution in [1.29, 1.82) is 5.41 Å². The van der Waals surface area contributed by atoms with Crippen molar-refractivity contribution in [2.75, 3.05) is 0 Å². The predicted octanol–water partition coefficient (Wildman–Crippen LogP) is -0.162. The molecule has 0 atom stereocenters. The molecule has 0 amide bonds. The summed E-state index contributed by atoms with van der Waals surface area (Å²) in [5.41, 5.74) is 5.30. The van der Waals surface area contributed by atoms with E-state index in [0.29, 0.717) is 0 Å². The largest absolute Gasteiger partial charge is 0.397 e. The fraction of sp³-hybridized carbons (Fsp3) is 0. The molecule has 0 saturated heterocycles. The molecular formula is C6H7N2O3S. The van der Waals surface area contributed by atoms with Gasteiger partial charge in [0, 0.05) is 0 Å². The van der Waals surface area contributed by atoms with Crippen LogP contribution in [0.1, 0.15) is 0 Å². The van der Waals surface area contributed by atoms with Crippen LogP contribution >= 0.6 is 0 Å². The highest BCUT2D eigenvalue weighted by atomic mass is 32.2. The molecule has 0 aromatic heterocycles. The number of hydrogen-bond donors (Lipinski definition) is 3. The SMILES string of the molecule is N=C1C=C[C](S(=O)(=O)O)C=C1N. The van der Waals surface area contributed by atoms with Crippen molar-refractivity contribution >= 4 is 15.8 Å². The third-order valence-corrected chi connectivity index (χ3v) is 2.17. The van der Waals surface area contributed by atoms with Crippen molar-refractivity contribution in [3.8, 4) is 0 Å². The molecule has 0 spiro atoms. The van der Waals surface area contributed by atoms with Gasteiger partial charge >= 0.3 is 0 Å². The van der Waals surface area contributed by atoms with Gasteiger partial charge in [0.15, 0.2) is 5.25 Å². The number of allylic oxidation sites excluding steroid dienone is 1. The van der Waals surface area contributed by atoms with Gasteiger partial charge in [0.2, 0.25) is 0 Å². The first kappa shape index (κ1) is 8.95. The minimum atomic E-state index is -4.21. The lowest BCUT2D eigenvalue weighted by Crippen LogP contribution is -2.17. The molecule has 0 aromatic rings. The van der Waals surface area contributed by atoms with E-state index in [-0.39, 0.29) is 16.7 Å². The van der Waals surface area contributed by atoms with Crippen LogP contribution in [-0.2, 0) is 10.1 Å². The van der Waals surface area contributed by atoms with E-state index in [2.05, 4.69) is 0 Å². The summed E-state index contributed by atoms with van der Waals surface area (Å²) in [6.07, 6.45) is 3.37. The maximum Gasteiger partial charge on any atom is 0.280 e. The van der Waals surface area contributed by atoms with Gasteiger partial charge in [0.05, 0.1) is 11.4 Å². The van der Waals surface area contributed by atoms with Crippen LogP contribution in [0, 0.1) is 10.7 Å². The summed E-state index contributed by atoms with van der Waals surface area (Å²) in [5.74, 6) is 0. The second kappa shape index (κ2) is 2.72. The predicted molar refractivity (Wildman–Crippen MR) is 43.9 cm³/mol. The van der Waals surface area contributed by atoms with Crippen LogP contribution in [-0.4, -0.2) is 18.7 Å². The number of rotatable bonds is 1. The Bertz CT molecular complexity index is 366. The van der Waals surface area contributed by atoms with Gasteiger partial charge < -0.3 is 5.73 Å². The monoisotopic (exact) mass is 187 g/mol. The van der Waals surface area contributed by atoms with Gasteiger partial charge in [0.1, 0.15) is 0 Å². The Morgan fingerprint density at radius 1 is 1.42 bits per heavy atom. The minimum absolute atomic E-state index is 0.0186. The normalized spacial score (nSPS) is 19.4. The molecule has 1 aliphatic carbocycles. The number of nitrogens with one attached hydrogen (secondary N) is 1. The first-order chi connectivity index (χ1) is 5.41. The lowest BCUT2D eigenvalue weighted by Gasteiger charge is -2.09.